The summed E-state index contributed by atoms with van der Waals surface area (Å²) in [6.45, 7) is 3.98. The number of benzene rings is 2. The van der Waals surface area contributed by atoms with Gasteiger partial charge in [0.1, 0.15) is 37.7 Å². The quantitative estimate of drug-likeness (QED) is 0.675. The molecule has 2 aromatic rings. The van der Waals surface area contributed by atoms with E-state index >= 15 is 0 Å². The number of hydrogen-bond donors (Lipinski definition) is 0. The van der Waals surface area contributed by atoms with E-state index in [2.05, 4.69) is 40.1 Å². The number of methoxy groups -OCH3 is 2. The lowest BCUT2D eigenvalue weighted by molar-refractivity contribution is -0.530. The predicted octanol–water partition coefficient (Wildman–Crippen LogP) is -0.236. The van der Waals surface area contributed by atoms with Crippen LogP contribution in [0.2, 0.25) is 0 Å². The fraction of sp³-hybridized carbons (Fsp3) is 0.316. The highest BCUT2D eigenvalue weighted by Crippen LogP contribution is 2.15. The molecular weight excluding hydrogens is 324 g/mol. The fourth-order valence-electron chi connectivity index (χ4n) is 2.77. The Kier molecular flexibility index (Phi) is 6.50. The van der Waals surface area contributed by atoms with Crippen LogP contribution in [0.5, 0.6) is 11.5 Å². The largest absolute Gasteiger partial charge is 1.00 e. The third-order valence-corrected chi connectivity index (χ3v) is 4.09. The molecule has 0 atom stereocenters. The molecule has 0 saturated carbocycles. The lowest BCUT2D eigenvalue weighted by atomic mass is 10.2. The van der Waals surface area contributed by atoms with Crippen molar-refractivity contribution >= 4 is 6.34 Å². The van der Waals surface area contributed by atoms with E-state index in [4.69, 9.17) is 9.47 Å². The van der Waals surface area contributed by atoms with Gasteiger partial charge in [-0.1, -0.05) is 24.3 Å². The Morgan fingerprint density at radius 3 is 1.96 bits per heavy atom. The second-order valence-electron chi connectivity index (χ2n) is 5.75. The van der Waals surface area contributed by atoms with E-state index in [1.807, 2.05) is 24.3 Å². The average Bonchev–Trinajstić information content (AvgIpc) is 3.03. The van der Waals surface area contributed by atoms with Gasteiger partial charge in [0, 0.05) is 0 Å². The fourth-order valence-corrected chi connectivity index (χ4v) is 2.77. The Balaban J connectivity index is 0.00000208. The monoisotopic (exact) mass is 346 g/mol. The van der Waals surface area contributed by atoms with Crippen molar-refractivity contribution in [2.75, 3.05) is 27.3 Å². The first-order valence-electron chi connectivity index (χ1n) is 7.86. The van der Waals surface area contributed by atoms with Gasteiger partial charge in [0.05, 0.1) is 14.2 Å². The average molecular weight is 347 g/mol. The molecule has 0 aromatic heterocycles. The first kappa shape index (κ1) is 18.1. The van der Waals surface area contributed by atoms with Gasteiger partial charge in [-0.3, -0.25) is 9.48 Å². The number of halogens is 1. The standard InChI is InChI=1S/C19H23N2O2.ClH/c1-22-18-7-3-16(4-8-18)13-20-11-12-21(15-20)14-17-5-9-19(23-2)10-6-17;/h3-10,15H,11-14H2,1-2H3;1H/q+1;/p-1. The minimum absolute atomic E-state index is 0. The van der Waals surface area contributed by atoms with E-state index in [1.165, 1.54) is 11.1 Å². The van der Waals surface area contributed by atoms with Crippen LogP contribution < -0.4 is 21.9 Å². The lowest BCUT2D eigenvalue weighted by Gasteiger charge is -2.07. The van der Waals surface area contributed by atoms with Crippen LogP contribution in [0.25, 0.3) is 0 Å². The maximum Gasteiger partial charge on any atom is 0.234 e. The van der Waals surface area contributed by atoms with Crippen LogP contribution in [0.3, 0.4) is 0 Å². The first-order chi connectivity index (χ1) is 11.3. The molecule has 3 rings (SSSR count). The highest BCUT2D eigenvalue weighted by atomic mass is 35.5. The molecule has 0 unspecified atom stereocenters. The summed E-state index contributed by atoms with van der Waals surface area (Å²) in [6.07, 6.45) is 2.23. The summed E-state index contributed by atoms with van der Waals surface area (Å²) in [5.74, 6) is 1.81. The van der Waals surface area contributed by atoms with Gasteiger partial charge in [-0.05, 0) is 35.4 Å². The summed E-state index contributed by atoms with van der Waals surface area (Å²) < 4.78 is 12.8. The molecule has 1 aliphatic rings. The zero-order valence-electron chi connectivity index (χ0n) is 14.1. The molecule has 4 nitrogen and oxygen atoms in total. The van der Waals surface area contributed by atoms with Gasteiger partial charge in [-0.15, -0.1) is 0 Å². The molecule has 5 heteroatoms. The molecule has 0 radical (unpaired) electrons. The van der Waals surface area contributed by atoms with Crippen molar-refractivity contribution in [1.29, 1.82) is 0 Å². The van der Waals surface area contributed by atoms with Gasteiger partial charge >= 0.3 is 0 Å². The zero-order valence-corrected chi connectivity index (χ0v) is 14.9. The number of nitrogens with zero attached hydrogens (tertiary/aromatic N) is 2. The minimum atomic E-state index is 0. The molecular formula is C19H23ClN2O2. The molecule has 0 aliphatic carbocycles. The van der Waals surface area contributed by atoms with Crippen LogP contribution in [0.4, 0.5) is 0 Å². The zero-order chi connectivity index (χ0) is 16.1. The predicted molar refractivity (Wildman–Crippen MR) is 91.3 cm³/mol. The Labute approximate surface area is 149 Å². The number of rotatable bonds is 6. The van der Waals surface area contributed by atoms with Gasteiger partial charge in [0.25, 0.3) is 0 Å². The topological polar surface area (TPSA) is 24.7 Å². The van der Waals surface area contributed by atoms with E-state index in [-0.39, 0.29) is 12.4 Å². The molecule has 1 heterocycles. The van der Waals surface area contributed by atoms with E-state index in [1.54, 1.807) is 14.2 Å². The van der Waals surface area contributed by atoms with Crippen LogP contribution in [-0.2, 0) is 13.1 Å². The Bertz CT molecular complexity index is 669. The summed E-state index contributed by atoms with van der Waals surface area (Å²) >= 11 is 0. The van der Waals surface area contributed by atoms with Gasteiger partial charge in [0.15, 0.2) is 0 Å². The van der Waals surface area contributed by atoms with Crippen LogP contribution in [-0.4, -0.2) is 43.1 Å². The van der Waals surface area contributed by atoms with Crippen molar-refractivity contribution in [3.8, 4) is 11.5 Å². The summed E-state index contributed by atoms with van der Waals surface area (Å²) in [7, 11) is 3.39. The third kappa shape index (κ3) is 4.65. The molecule has 0 spiro atoms. The summed E-state index contributed by atoms with van der Waals surface area (Å²) in [4.78, 5) is 2.35. The van der Waals surface area contributed by atoms with Crippen LogP contribution >= 0.6 is 0 Å². The summed E-state index contributed by atoms with van der Waals surface area (Å²) in [5.41, 5.74) is 2.60. The van der Waals surface area contributed by atoms with Crippen molar-refractivity contribution in [2.45, 2.75) is 13.1 Å². The van der Waals surface area contributed by atoms with E-state index in [0.717, 1.165) is 37.7 Å². The number of ether oxygens (including phenoxy) is 2. The highest BCUT2D eigenvalue weighted by molar-refractivity contribution is 5.50. The van der Waals surface area contributed by atoms with Crippen molar-refractivity contribution < 1.29 is 26.5 Å². The van der Waals surface area contributed by atoms with Crippen molar-refractivity contribution in [1.82, 2.24) is 4.90 Å². The molecule has 0 amide bonds. The van der Waals surface area contributed by atoms with Gasteiger partial charge < -0.3 is 21.9 Å². The molecule has 2 aromatic carbocycles. The Hall–Kier alpha value is -2.20. The van der Waals surface area contributed by atoms with Gasteiger partial charge in [-0.2, -0.15) is 0 Å². The van der Waals surface area contributed by atoms with Crippen LogP contribution in [0.1, 0.15) is 11.1 Å². The van der Waals surface area contributed by atoms with E-state index in [0.29, 0.717) is 0 Å². The van der Waals surface area contributed by atoms with Gasteiger partial charge in [-0.25, -0.2) is 0 Å². The lowest BCUT2D eigenvalue weighted by Crippen LogP contribution is -3.00. The van der Waals surface area contributed by atoms with Crippen molar-refractivity contribution in [3.05, 3.63) is 59.7 Å². The SMILES string of the molecule is COc1ccc(CN2C=[N+](Cc3ccc(OC)cc3)CC2)cc1.[Cl-]. The smallest absolute Gasteiger partial charge is 0.234 e. The third-order valence-electron chi connectivity index (χ3n) is 4.09. The van der Waals surface area contributed by atoms with Crippen molar-refractivity contribution in [2.24, 2.45) is 0 Å². The van der Waals surface area contributed by atoms with E-state index in [9.17, 15) is 0 Å². The van der Waals surface area contributed by atoms with Crippen LogP contribution in [0, 0.1) is 0 Å². The summed E-state index contributed by atoms with van der Waals surface area (Å²) in [5, 5.41) is 0. The normalized spacial score (nSPS) is 13.2. The second-order valence-corrected chi connectivity index (χ2v) is 5.75. The van der Waals surface area contributed by atoms with Crippen LogP contribution in [0.15, 0.2) is 48.5 Å². The minimum Gasteiger partial charge on any atom is -1.00 e. The molecule has 0 saturated heterocycles. The molecule has 0 N–H and O–H groups in total. The highest BCUT2D eigenvalue weighted by Gasteiger charge is 2.19. The molecule has 1 aliphatic heterocycles. The van der Waals surface area contributed by atoms with Crippen molar-refractivity contribution in [3.63, 3.8) is 0 Å². The maximum atomic E-state index is 5.20. The second kappa shape index (κ2) is 8.60. The molecule has 24 heavy (non-hydrogen) atoms. The maximum absolute atomic E-state index is 5.20. The molecule has 0 fully saturated rings. The number of hydrogen-bond acceptors (Lipinski definition) is 3. The van der Waals surface area contributed by atoms with E-state index < -0.39 is 0 Å². The van der Waals surface area contributed by atoms with Gasteiger partial charge in [0.2, 0.25) is 6.34 Å². The first-order valence-corrected chi connectivity index (χ1v) is 7.86. The molecule has 128 valence electrons. The Morgan fingerprint density at radius 2 is 1.42 bits per heavy atom. The summed E-state index contributed by atoms with van der Waals surface area (Å²) in [6, 6.07) is 16.6. The Morgan fingerprint density at radius 1 is 0.875 bits per heavy atom. The molecule has 0 bridgehead atoms.